The third-order valence-electron chi connectivity index (χ3n) is 3.52. The monoisotopic (exact) mass is 336 g/mol. The summed E-state index contributed by atoms with van der Waals surface area (Å²) in [7, 11) is 0. The van der Waals surface area contributed by atoms with E-state index in [9.17, 15) is 5.11 Å². The Morgan fingerprint density at radius 1 is 0.708 bits per heavy atom. The minimum absolute atomic E-state index is 0.366. The molecule has 138 valence electrons. The van der Waals surface area contributed by atoms with Crippen LogP contribution in [0, 0.1) is 0 Å². The molecule has 0 aliphatic rings. The summed E-state index contributed by atoms with van der Waals surface area (Å²) in [6.45, 7) is 12.1. The summed E-state index contributed by atoms with van der Waals surface area (Å²) in [4.78, 5) is 0. The zero-order valence-electron chi connectivity index (χ0n) is 16.4. The molecule has 24 heavy (non-hydrogen) atoms. The molecule has 0 aromatic carbocycles. The fraction of sp³-hybridized carbons (Fsp3) is 0.619. The smallest absolute Gasteiger partial charge is 0.269 e. The van der Waals surface area contributed by atoms with Gasteiger partial charge in [0.25, 0.3) is 6.48 Å². The summed E-state index contributed by atoms with van der Waals surface area (Å²) in [5, 5.41) is 9.65. The summed E-state index contributed by atoms with van der Waals surface area (Å²) in [6.07, 6.45) is 12.5. The summed E-state index contributed by atoms with van der Waals surface area (Å²) >= 11 is 0. The fourth-order valence-corrected chi connectivity index (χ4v) is 1.97. The van der Waals surface area contributed by atoms with Gasteiger partial charge in [-0.05, 0) is 67.2 Å². The van der Waals surface area contributed by atoms with Crippen molar-refractivity contribution in [1.82, 2.24) is 0 Å². The van der Waals surface area contributed by atoms with E-state index >= 15 is 0 Å². The highest BCUT2D eigenvalue weighted by Gasteiger charge is 2.01. The van der Waals surface area contributed by atoms with Crippen LogP contribution in [-0.2, 0) is 9.47 Å². The van der Waals surface area contributed by atoms with Crippen molar-refractivity contribution in [2.24, 2.45) is 0 Å². The Balaban J connectivity index is 3.87. The van der Waals surface area contributed by atoms with Crippen LogP contribution in [-0.4, -0.2) is 24.8 Å². The first-order valence-electron chi connectivity index (χ1n) is 8.80. The van der Waals surface area contributed by atoms with Gasteiger partial charge < -0.3 is 14.6 Å². The van der Waals surface area contributed by atoms with Gasteiger partial charge in [0, 0.05) is 0 Å². The number of hydrogen-bond donors (Lipinski definition) is 1. The molecule has 0 aliphatic heterocycles. The van der Waals surface area contributed by atoms with E-state index in [0.717, 1.165) is 25.7 Å². The second-order valence-electron chi connectivity index (χ2n) is 6.71. The second-order valence-corrected chi connectivity index (χ2v) is 6.71. The van der Waals surface area contributed by atoms with Gasteiger partial charge in [0.2, 0.25) is 0 Å². The number of allylic oxidation sites excluding steroid dienone is 6. The molecule has 0 heterocycles. The quantitative estimate of drug-likeness (QED) is 0.368. The number of rotatable bonds is 12. The van der Waals surface area contributed by atoms with Crippen LogP contribution in [0.3, 0.4) is 0 Å². The molecule has 0 saturated carbocycles. The summed E-state index contributed by atoms with van der Waals surface area (Å²) in [5.74, 6) is 0. The maximum absolute atomic E-state index is 9.65. The standard InChI is InChI=1S/C21H36O3/c1-17(2)9-7-11-19(5)13-15-23-21(22)24-16-14-20(6)12-8-10-18(3)4/h9-10,13-14,21-22H,7-8,11-12,15-16H2,1-6H3. The molecule has 0 atom stereocenters. The molecule has 0 aromatic rings. The molecule has 0 bridgehead atoms. The van der Waals surface area contributed by atoms with Gasteiger partial charge in [-0.1, -0.05) is 46.6 Å². The Morgan fingerprint density at radius 3 is 1.42 bits per heavy atom. The van der Waals surface area contributed by atoms with Gasteiger partial charge in [-0.3, -0.25) is 0 Å². The van der Waals surface area contributed by atoms with Gasteiger partial charge in [0.05, 0.1) is 13.2 Å². The van der Waals surface area contributed by atoms with E-state index in [4.69, 9.17) is 9.47 Å². The normalized spacial score (nSPS) is 13.6. The van der Waals surface area contributed by atoms with Crippen molar-refractivity contribution >= 4 is 0 Å². The van der Waals surface area contributed by atoms with Gasteiger partial charge in [0.15, 0.2) is 0 Å². The molecule has 0 aromatic heterocycles. The fourth-order valence-electron chi connectivity index (χ4n) is 1.97. The van der Waals surface area contributed by atoms with Crippen LogP contribution in [0.4, 0.5) is 0 Å². The maximum Gasteiger partial charge on any atom is 0.269 e. The van der Waals surface area contributed by atoms with E-state index in [-0.39, 0.29) is 0 Å². The van der Waals surface area contributed by atoms with E-state index in [1.165, 1.54) is 22.3 Å². The van der Waals surface area contributed by atoms with Crippen molar-refractivity contribution in [3.8, 4) is 0 Å². The van der Waals surface area contributed by atoms with E-state index < -0.39 is 6.48 Å². The van der Waals surface area contributed by atoms with Crippen molar-refractivity contribution in [2.45, 2.75) is 73.7 Å². The highest BCUT2D eigenvalue weighted by molar-refractivity contribution is 5.03. The van der Waals surface area contributed by atoms with E-state index in [2.05, 4.69) is 53.7 Å². The third kappa shape index (κ3) is 15.7. The van der Waals surface area contributed by atoms with E-state index in [1.807, 2.05) is 12.2 Å². The molecule has 0 unspecified atom stereocenters. The number of aliphatic hydroxyl groups excluding tert-OH is 1. The third-order valence-corrected chi connectivity index (χ3v) is 3.52. The van der Waals surface area contributed by atoms with Crippen molar-refractivity contribution in [1.29, 1.82) is 0 Å². The average Bonchev–Trinajstić information content (AvgIpc) is 2.46. The molecule has 1 N–H and O–H groups in total. The first-order valence-corrected chi connectivity index (χ1v) is 8.80. The van der Waals surface area contributed by atoms with Crippen molar-refractivity contribution in [3.63, 3.8) is 0 Å². The summed E-state index contributed by atoms with van der Waals surface area (Å²) in [5.41, 5.74) is 5.20. The molecular formula is C21H36O3. The predicted octanol–water partition coefficient (Wildman–Crippen LogP) is 5.68. The highest BCUT2D eigenvalue weighted by atomic mass is 16.8. The topological polar surface area (TPSA) is 38.7 Å². The maximum atomic E-state index is 9.65. The minimum atomic E-state index is -1.17. The first-order chi connectivity index (χ1) is 11.3. The molecule has 0 spiro atoms. The highest BCUT2D eigenvalue weighted by Crippen LogP contribution is 2.08. The molecule has 3 nitrogen and oxygen atoms in total. The van der Waals surface area contributed by atoms with Gasteiger partial charge >= 0.3 is 0 Å². The van der Waals surface area contributed by atoms with Crippen LogP contribution in [0.5, 0.6) is 0 Å². The van der Waals surface area contributed by atoms with Crippen LogP contribution in [0.25, 0.3) is 0 Å². The van der Waals surface area contributed by atoms with E-state index in [0.29, 0.717) is 13.2 Å². The van der Waals surface area contributed by atoms with Crippen LogP contribution in [0.2, 0.25) is 0 Å². The van der Waals surface area contributed by atoms with E-state index in [1.54, 1.807) is 0 Å². The van der Waals surface area contributed by atoms with Gasteiger partial charge in [-0.15, -0.1) is 0 Å². The molecular weight excluding hydrogens is 300 g/mol. The number of ether oxygens (including phenoxy) is 2. The number of hydrogen-bond acceptors (Lipinski definition) is 3. The SMILES string of the molecule is CC(C)=CCCC(C)=CCOC(O)OCC=C(C)CCC=C(C)C. The zero-order chi connectivity index (χ0) is 18.4. The lowest BCUT2D eigenvalue weighted by Crippen LogP contribution is -2.16. The van der Waals surface area contributed by atoms with Crippen molar-refractivity contribution < 1.29 is 14.6 Å². The van der Waals surface area contributed by atoms with Crippen LogP contribution >= 0.6 is 0 Å². The van der Waals surface area contributed by atoms with Gasteiger partial charge in [0.1, 0.15) is 0 Å². The minimum Gasteiger partial charge on any atom is -0.346 e. The number of aliphatic hydroxyl groups is 1. The van der Waals surface area contributed by atoms with Crippen LogP contribution < -0.4 is 0 Å². The molecule has 0 aliphatic carbocycles. The first kappa shape index (κ1) is 22.8. The molecule has 0 saturated heterocycles. The Hall–Kier alpha value is -1.16. The zero-order valence-corrected chi connectivity index (χ0v) is 16.4. The molecule has 0 rings (SSSR count). The van der Waals surface area contributed by atoms with Gasteiger partial charge in [-0.2, -0.15) is 0 Å². The average molecular weight is 337 g/mol. The molecule has 3 heteroatoms. The summed E-state index contributed by atoms with van der Waals surface area (Å²) < 4.78 is 10.5. The predicted molar refractivity (Wildman–Crippen MR) is 103 cm³/mol. The molecule has 0 amide bonds. The lowest BCUT2D eigenvalue weighted by Gasteiger charge is -2.11. The lowest BCUT2D eigenvalue weighted by atomic mass is 10.1. The summed E-state index contributed by atoms with van der Waals surface area (Å²) in [6, 6.07) is 0. The lowest BCUT2D eigenvalue weighted by molar-refractivity contribution is -0.253. The van der Waals surface area contributed by atoms with Crippen LogP contribution in [0.15, 0.2) is 46.6 Å². The molecule has 0 radical (unpaired) electrons. The second kappa shape index (κ2) is 14.2. The Bertz CT molecular complexity index is 406. The Morgan fingerprint density at radius 2 is 1.08 bits per heavy atom. The van der Waals surface area contributed by atoms with Gasteiger partial charge in [-0.25, -0.2) is 0 Å². The Labute approximate surface area is 148 Å². The largest absolute Gasteiger partial charge is 0.346 e. The van der Waals surface area contributed by atoms with Crippen molar-refractivity contribution in [2.75, 3.05) is 13.2 Å². The van der Waals surface area contributed by atoms with Crippen molar-refractivity contribution in [3.05, 3.63) is 46.6 Å². The van der Waals surface area contributed by atoms with Crippen LogP contribution in [0.1, 0.15) is 67.2 Å². The Kier molecular flexibility index (Phi) is 13.5. The molecule has 0 fully saturated rings.